The summed E-state index contributed by atoms with van der Waals surface area (Å²) in [5.41, 5.74) is 5.62. The monoisotopic (exact) mass is 307 g/mol. The maximum Gasteiger partial charge on any atom is 0.416 e. The third kappa shape index (κ3) is 4.16. The minimum absolute atomic E-state index is 0.386. The number of alkyl halides is 3. The molecule has 0 aliphatic carbocycles. The summed E-state index contributed by atoms with van der Waals surface area (Å²) in [4.78, 5) is 0. The molecule has 1 atom stereocenters. The van der Waals surface area contributed by atoms with Crippen molar-refractivity contribution in [2.24, 2.45) is 5.73 Å². The molecule has 0 fully saturated rings. The molecule has 1 aromatic carbocycles. The van der Waals surface area contributed by atoms with Crippen molar-refractivity contribution < 1.29 is 13.2 Å². The number of benzene rings is 1. The predicted molar refractivity (Wildman–Crippen MR) is 65.5 cm³/mol. The summed E-state index contributed by atoms with van der Waals surface area (Å²) >= 11 is 3.07. The van der Waals surface area contributed by atoms with Crippen LogP contribution in [0, 0.1) is 0 Å². The zero-order valence-corrected chi connectivity index (χ0v) is 10.7. The van der Waals surface area contributed by atoms with Crippen LogP contribution in [-0.4, -0.2) is 0 Å². The fraction of sp³-hybridized carbons (Fsp3) is 0.333. The van der Waals surface area contributed by atoms with Crippen LogP contribution in [0.2, 0.25) is 0 Å². The second kappa shape index (κ2) is 5.69. The Hall–Kier alpha value is -0.810. The lowest BCUT2D eigenvalue weighted by molar-refractivity contribution is -0.137. The summed E-state index contributed by atoms with van der Waals surface area (Å²) in [5.74, 6) is 0. The van der Waals surface area contributed by atoms with Crippen LogP contribution in [0.3, 0.4) is 0 Å². The molecule has 5 heteroatoms. The van der Waals surface area contributed by atoms with Crippen LogP contribution in [-0.2, 0) is 6.18 Å². The zero-order chi connectivity index (χ0) is 13.1. The molecular formula is C12H13BrF3N. The summed E-state index contributed by atoms with van der Waals surface area (Å²) in [6.07, 6.45) is -1.40. The zero-order valence-electron chi connectivity index (χ0n) is 9.10. The highest BCUT2D eigenvalue weighted by molar-refractivity contribution is 9.10. The molecule has 0 saturated carbocycles. The lowest BCUT2D eigenvalue weighted by Gasteiger charge is -2.14. The van der Waals surface area contributed by atoms with E-state index in [0.29, 0.717) is 22.9 Å². The number of hydrogen-bond donors (Lipinski definition) is 1. The van der Waals surface area contributed by atoms with Crippen LogP contribution >= 0.6 is 15.9 Å². The van der Waals surface area contributed by atoms with E-state index in [1.165, 1.54) is 0 Å². The van der Waals surface area contributed by atoms with Crippen molar-refractivity contribution in [1.82, 2.24) is 0 Å². The first kappa shape index (κ1) is 14.3. The number of hydrogen-bond acceptors (Lipinski definition) is 1. The topological polar surface area (TPSA) is 26.0 Å². The van der Waals surface area contributed by atoms with E-state index in [0.717, 1.165) is 12.1 Å². The molecule has 17 heavy (non-hydrogen) atoms. The Balaban J connectivity index is 3.00. The highest BCUT2D eigenvalue weighted by Gasteiger charge is 2.31. The molecule has 1 rings (SSSR count). The molecule has 0 aliphatic rings. The maximum atomic E-state index is 12.6. The third-order valence-electron chi connectivity index (χ3n) is 2.36. The second-order valence-corrected chi connectivity index (χ2v) is 4.66. The normalized spacial score (nSPS) is 13.5. The van der Waals surface area contributed by atoms with Crippen molar-refractivity contribution in [2.45, 2.75) is 25.1 Å². The van der Waals surface area contributed by atoms with Crippen molar-refractivity contribution in [1.29, 1.82) is 0 Å². The van der Waals surface area contributed by atoms with E-state index in [2.05, 4.69) is 22.5 Å². The lowest BCUT2D eigenvalue weighted by Crippen LogP contribution is -2.12. The van der Waals surface area contributed by atoms with E-state index >= 15 is 0 Å². The number of halogens is 4. The first-order chi connectivity index (χ1) is 7.84. The molecule has 0 radical (unpaired) electrons. The van der Waals surface area contributed by atoms with Gasteiger partial charge in [-0.25, -0.2) is 0 Å². The molecular weight excluding hydrogens is 295 g/mol. The Bertz CT molecular complexity index is 401. The van der Waals surface area contributed by atoms with Crippen LogP contribution in [0.1, 0.15) is 30.0 Å². The van der Waals surface area contributed by atoms with E-state index in [1.54, 1.807) is 12.1 Å². The highest BCUT2D eigenvalue weighted by atomic mass is 79.9. The number of nitrogens with two attached hydrogens (primary N) is 1. The summed E-state index contributed by atoms with van der Waals surface area (Å²) < 4.78 is 38.1. The summed E-state index contributed by atoms with van der Waals surface area (Å²) in [5, 5.41) is 0. The summed E-state index contributed by atoms with van der Waals surface area (Å²) in [6, 6.07) is 3.34. The Morgan fingerprint density at radius 3 is 2.53 bits per heavy atom. The predicted octanol–water partition coefficient (Wildman–Crippen LogP) is 4.43. The molecule has 94 valence electrons. The van der Waals surface area contributed by atoms with E-state index < -0.39 is 17.8 Å². The lowest BCUT2D eigenvalue weighted by atomic mass is 10.0. The summed E-state index contributed by atoms with van der Waals surface area (Å²) in [7, 11) is 0. The SMILES string of the molecule is C=CCC[C@H](N)c1cc(Br)cc(C(F)(F)F)c1. The van der Waals surface area contributed by atoms with E-state index in [9.17, 15) is 13.2 Å². The van der Waals surface area contributed by atoms with Crippen LogP contribution in [0.25, 0.3) is 0 Å². The smallest absolute Gasteiger partial charge is 0.324 e. The van der Waals surface area contributed by atoms with Crippen LogP contribution in [0.15, 0.2) is 35.3 Å². The van der Waals surface area contributed by atoms with Gasteiger partial charge in [0.25, 0.3) is 0 Å². The molecule has 0 spiro atoms. The van der Waals surface area contributed by atoms with Crippen molar-refractivity contribution in [3.8, 4) is 0 Å². The van der Waals surface area contributed by atoms with Gasteiger partial charge >= 0.3 is 6.18 Å². The van der Waals surface area contributed by atoms with Crippen molar-refractivity contribution in [2.75, 3.05) is 0 Å². The Kier molecular flexibility index (Phi) is 4.77. The molecule has 0 aromatic heterocycles. The van der Waals surface area contributed by atoms with Gasteiger partial charge in [0.2, 0.25) is 0 Å². The van der Waals surface area contributed by atoms with E-state index in [4.69, 9.17) is 5.73 Å². The molecule has 0 unspecified atom stereocenters. The van der Waals surface area contributed by atoms with Gasteiger partial charge in [0.1, 0.15) is 0 Å². The molecule has 0 saturated heterocycles. The molecule has 0 bridgehead atoms. The van der Waals surface area contributed by atoms with Gasteiger partial charge in [0.15, 0.2) is 0 Å². The van der Waals surface area contributed by atoms with Gasteiger partial charge in [-0.3, -0.25) is 0 Å². The molecule has 2 N–H and O–H groups in total. The van der Waals surface area contributed by atoms with Gasteiger partial charge < -0.3 is 5.73 Å². The number of rotatable bonds is 4. The fourth-order valence-corrected chi connectivity index (χ4v) is 1.97. The summed E-state index contributed by atoms with van der Waals surface area (Å²) in [6.45, 7) is 3.56. The second-order valence-electron chi connectivity index (χ2n) is 3.74. The Labute approximate surface area is 107 Å². The first-order valence-corrected chi connectivity index (χ1v) is 5.88. The largest absolute Gasteiger partial charge is 0.416 e. The van der Waals surface area contributed by atoms with Crippen LogP contribution < -0.4 is 5.73 Å². The molecule has 1 nitrogen and oxygen atoms in total. The average Bonchev–Trinajstić information content (AvgIpc) is 2.23. The van der Waals surface area contributed by atoms with Gasteiger partial charge in [0, 0.05) is 10.5 Å². The maximum absolute atomic E-state index is 12.6. The standard InChI is InChI=1S/C12H13BrF3N/c1-2-3-4-11(17)8-5-9(12(14,15)16)7-10(13)6-8/h2,5-7,11H,1,3-4,17H2/t11-/m0/s1. The molecule has 1 aromatic rings. The van der Waals surface area contributed by atoms with Gasteiger partial charge in [-0.1, -0.05) is 22.0 Å². The minimum Gasteiger partial charge on any atom is -0.324 e. The highest BCUT2D eigenvalue weighted by Crippen LogP contribution is 2.33. The molecule has 0 amide bonds. The Morgan fingerprint density at radius 1 is 1.35 bits per heavy atom. The van der Waals surface area contributed by atoms with Crippen molar-refractivity contribution in [3.05, 3.63) is 46.5 Å². The van der Waals surface area contributed by atoms with Gasteiger partial charge in [0.05, 0.1) is 5.56 Å². The quantitative estimate of drug-likeness (QED) is 0.818. The fourth-order valence-electron chi connectivity index (χ4n) is 1.45. The van der Waals surface area contributed by atoms with Gasteiger partial charge in [-0.15, -0.1) is 6.58 Å². The minimum atomic E-state index is -4.35. The Morgan fingerprint density at radius 2 is 2.00 bits per heavy atom. The average molecular weight is 308 g/mol. The first-order valence-electron chi connectivity index (χ1n) is 5.08. The molecule has 0 heterocycles. The molecule has 0 aliphatic heterocycles. The van der Waals surface area contributed by atoms with E-state index in [-0.39, 0.29) is 0 Å². The van der Waals surface area contributed by atoms with Crippen molar-refractivity contribution in [3.63, 3.8) is 0 Å². The van der Waals surface area contributed by atoms with E-state index in [1.807, 2.05) is 0 Å². The van der Waals surface area contributed by atoms with Crippen LogP contribution in [0.4, 0.5) is 13.2 Å². The van der Waals surface area contributed by atoms with Crippen molar-refractivity contribution >= 4 is 15.9 Å². The third-order valence-corrected chi connectivity index (χ3v) is 2.82. The van der Waals surface area contributed by atoms with Gasteiger partial charge in [-0.05, 0) is 36.6 Å². The number of allylic oxidation sites excluding steroid dienone is 1. The van der Waals surface area contributed by atoms with Crippen LogP contribution in [0.5, 0.6) is 0 Å². The van der Waals surface area contributed by atoms with Gasteiger partial charge in [-0.2, -0.15) is 13.2 Å².